The molecule has 1 aliphatic carbocycles. The number of alkyl halides is 1. The summed E-state index contributed by atoms with van der Waals surface area (Å²) < 4.78 is 24.6. The van der Waals surface area contributed by atoms with Crippen LogP contribution in [0.4, 0.5) is 10.2 Å². The highest BCUT2D eigenvalue weighted by Crippen LogP contribution is 2.45. The second-order valence-electron chi connectivity index (χ2n) is 11.9. The number of carboxylic acids is 1. The molecule has 228 valence electrons. The number of halogens is 1. The molecule has 1 saturated heterocycles. The van der Waals surface area contributed by atoms with Crippen LogP contribution >= 0.6 is 0 Å². The number of pyridine rings is 1. The van der Waals surface area contributed by atoms with Gasteiger partial charge in [-0.15, -0.1) is 0 Å². The second kappa shape index (κ2) is 14.4. The average Bonchev–Trinajstić information content (AvgIpc) is 3.84. The van der Waals surface area contributed by atoms with Gasteiger partial charge in [0.15, 0.2) is 0 Å². The lowest BCUT2D eigenvalue weighted by molar-refractivity contribution is -0.139. The van der Waals surface area contributed by atoms with E-state index >= 15 is 0 Å². The average molecular weight is 581 g/mol. The lowest BCUT2D eigenvalue weighted by Gasteiger charge is -2.45. The number of ether oxygens (including phenoxy) is 2. The number of rotatable bonds is 17. The number of aliphatic carboxylic acids is 1. The smallest absolute Gasteiger partial charge is 0.326 e. The maximum absolute atomic E-state index is 13.6. The van der Waals surface area contributed by atoms with E-state index in [2.05, 4.69) is 39.8 Å². The molecule has 1 saturated carbocycles. The number of carbonyl (C=O) groups is 1. The number of hydrogen-bond donors (Lipinski definition) is 3. The van der Waals surface area contributed by atoms with Crippen LogP contribution in [0.5, 0.6) is 0 Å². The molecule has 1 aromatic carbocycles. The molecule has 2 aromatic rings. The third-order valence-electron chi connectivity index (χ3n) is 8.78. The van der Waals surface area contributed by atoms with Crippen LogP contribution in [-0.4, -0.2) is 86.3 Å². The maximum atomic E-state index is 13.6. The van der Waals surface area contributed by atoms with Gasteiger partial charge in [0.25, 0.3) is 0 Å². The van der Waals surface area contributed by atoms with Gasteiger partial charge in [-0.3, -0.25) is 0 Å². The minimum absolute atomic E-state index is 0.323. The lowest BCUT2D eigenvalue weighted by atomic mass is 9.75. The van der Waals surface area contributed by atoms with Crippen molar-refractivity contribution in [2.24, 2.45) is 0 Å². The molecule has 0 spiro atoms. The Bertz CT molecular complexity index is 1210. The summed E-state index contributed by atoms with van der Waals surface area (Å²) in [6.07, 6.45) is 6.78. The number of anilines is 1. The van der Waals surface area contributed by atoms with Crippen molar-refractivity contribution < 1.29 is 23.8 Å². The monoisotopic (exact) mass is 580 g/mol. The third kappa shape index (κ3) is 7.49. The zero-order chi connectivity index (χ0) is 29.4. The number of nitrogens with one attached hydrogen (secondary N) is 2. The SMILES string of the molecule is CO[C@H](CF)CN(CCCCc1ccc2c(n1)NCCC2)CC[C@H](NC(=C1CC1)C1(c2ccccc2)COC1)C(=O)O. The predicted octanol–water partition coefficient (Wildman–Crippen LogP) is 4.50. The van der Waals surface area contributed by atoms with E-state index in [9.17, 15) is 14.3 Å². The first-order valence-electron chi connectivity index (χ1n) is 15.4. The fraction of sp³-hybridized carbons (Fsp3) is 0.576. The molecule has 2 fully saturated rings. The molecule has 5 rings (SSSR count). The van der Waals surface area contributed by atoms with Crippen molar-refractivity contribution in [2.75, 3.05) is 58.5 Å². The molecule has 0 radical (unpaired) electrons. The number of nitrogens with zero attached hydrogens (tertiary/aromatic N) is 2. The highest BCUT2D eigenvalue weighted by Gasteiger charge is 2.47. The quantitative estimate of drug-likeness (QED) is 0.236. The van der Waals surface area contributed by atoms with Crippen molar-refractivity contribution >= 4 is 11.8 Å². The fourth-order valence-electron chi connectivity index (χ4n) is 6.07. The molecule has 42 heavy (non-hydrogen) atoms. The van der Waals surface area contributed by atoms with Crippen LogP contribution in [-0.2, 0) is 32.5 Å². The highest BCUT2D eigenvalue weighted by molar-refractivity contribution is 5.74. The summed E-state index contributed by atoms with van der Waals surface area (Å²) in [5.41, 5.74) is 5.50. The van der Waals surface area contributed by atoms with E-state index in [-0.39, 0.29) is 5.41 Å². The van der Waals surface area contributed by atoms with E-state index in [1.54, 1.807) is 0 Å². The Balaban J connectivity index is 1.20. The molecule has 3 heterocycles. The van der Waals surface area contributed by atoms with Crippen LogP contribution in [0.1, 0.15) is 55.3 Å². The minimum Gasteiger partial charge on any atom is -0.480 e. The molecule has 2 atom stereocenters. The van der Waals surface area contributed by atoms with Gasteiger partial charge in [0.1, 0.15) is 18.5 Å². The largest absolute Gasteiger partial charge is 0.480 e. The molecule has 0 unspecified atom stereocenters. The Hall–Kier alpha value is -3.01. The Labute approximate surface area is 248 Å². The number of aromatic nitrogens is 1. The third-order valence-corrected chi connectivity index (χ3v) is 8.78. The summed E-state index contributed by atoms with van der Waals surface area (Å²) >= 11 is 0. The first-order chi connectivity index (χ1) is 20.5. The second-order valence-corrected chi connectivity index (χ2v) is 11.9. The van der Waals surface area contributed by atoms with Crippen molar-refractivity contribution in [1.29, 1.82) is 0 Å². The molecular formula is C33H45FN4O4. The van der Waals surface area contributed by atoms with Gasteiger partial charge in [-0.05, 0) is 80.7 Å². The van der Waals surface area contributed by atoms with Crippen LogP contribution in [0.2, 0.25) is 0 Å². The van der Waals surface area contributed by atoms with Gasteiger partial charge in [0.2, 0.25) is 0 Å². The maximum Gasteiger partial charge on any atom is 0.326 e. The Morgan fingerprint density at radius 2 is 1.98 bits per heavy atom. The number of allylic oxidation sites excluding steroid dienone is 1. The number of methoxy groups -OCH3 is 1. The van der Waals surface area contributed by atoms with E-state index in [1.807, 2.05) is 18.2 Å². The zero-order valence-corrected chi connectivity index (χ0v) is 24.7. The van der Waals surface area contributed by atoms with E-state index < -0.39 is 24.8 Å². The minimum atomic E-state index is -0.877. The van der Waals surface area contributed by atoms with Crippen molar-refractivity contribution in [3.63, 3.8) is 0 Å². The van der Waals surface area contributed by atoms with Gasteiger partial charge >= 0.3 is 5.97 Å². The van der Waals surface area contributed by atoms with Gasteiger partial charge < -0.3 is 30.1 Å². The molecule has 3 aliphatic rings. The predicted molar refractivity (Wildman–Crippen MR) is 162 cm³/mol. The Morgan fingerprint density at radius 3 is 2.64 bits per heavy atom. The molecule has 0 amide bonds. The van der Waals surface area contributed by atoms with Gasteiger partial charge in [-0.25, -0.2) is 14.2 Å². The van der Waals surface area contributed by atoms with Gasteiger partial charge in [-0.1, -0.05) is 36.4 Å². The van der Waals surface area contributed by atoms with Crippen LogP contribution in [0, 0.1) is 0 Å². The van der Waals surface area contributed by atoms with Crippen LogP contribution < -0.4 is 10.6 Å². The zero-order valence-electron chi connectivity index (χ0n) is 24.7. The molecule has 3 N–H and O–H groups in total. The number of aryl methyl sites for hydroxylation is 2. The van der Waals surface area contributed by atoms with E-state index in [4.69, 9.17) is 14.5 Å². The standard InChI is InChI=1S/C33H45FN4O4/c1-41-28(20-34)21-38(18-6-5-11-27-15-14-25-8-7-17-35-31(25)36-27)19-16-29(32(39)40)37-30(24-12-13-24)33(22-42-23-33)26-9-3-2-4-10-26/h2-4,9-10,14-15,28-29,37H,5-8,11-13,16-23H2,1H3,(H,35,36)(H,39,40)/t28-,29+/m1/s1. The lowest BCUT2D eigenvalue weighted by Crippen LogP contribution is -2.54. The van der Waals surface area contributed by atoms with Crippen molar-refractivity contribution in [2.45, 2.75) is 68.9 Å². The van der Waals surface area contributed by atoms with E-state index in [0.717, 1.165) is 80.8 Å². The summed E-state index contributed by atoms with van der Waals surface area (Å²) in [7, 11) is 1.53. The van der Waals surface area contributed by atoms with Gasteiger partial charge in [0.05, 0.1) is 24.7 Å². The van der Waals surface area contributed by atoms with E-state index in [0.29, 0.717) is 32.7 Å². The van der Waals surface area contributed by atoms with Crippen molar-refractivity contribution in [1.82, 2.24) is 15.2 Å². The van der Waals surface area contributed by atoms with Crippen molar-refractivity contribution in [3.05, 3.63) is 70.6 Å². The van der Waals surface area contributed by atoms with Crippen LogP contribution in [0.15, 0.2) is 53.7 Å². The summed E-state index contributed by atoms with van der Waals surface area (Å²) in [5, 5.41) is 17.1. The first-order valence-corrected chi connectivity index (χ1v) is 15.4. The van der Waals surface area contributed by atoms with Crippen molar-refractivity contribution in [3.8, 4) is 0 Å². The summed E-state index contributed by atoms with van der Waals surface area (Å²) in [4.78, 5) is 19.4. The number of hydrogen-bond acceptors (Lipinski definition) is 7. The number of carboxylic acid groups (broad SMARTS) is 1. The first kappa shape index (κ1) is 30.4. The number of unbranched alkanes of at least 4 members (excludes halogenated alkanes) is 1. The summed E-state index contributed by atoms with van der Waals surface area (Å²) in [6, 6.07) is 13.8. The van der Waals surface area contributed by atoms with Crippen LogP contribution in [0.25, 0.3) is 0 Å². The molecule has 2 aliphatic heterocycles. The number of benzene rings is 1. The van der Waals surface area contributed by atoms with E-state index in [1.165, 1.54) is 18.2 Å². The van der Waals surface area contributed by atoms with Gasteiger partial charge in [-0.2, -0.15) is 0 Å². The van der Waals surface area contributed by atoms with Gasteiger partial charge in [0, 0.05) is 38.1 Å². The van der Waals surface area contributed by atoms with Crippen LogP contribution in [0.3, 0.4) is 0 Å². The summed E-state index contributed by atoms with van der Waals surface area (Å²) in [6.45, 7) is 3.18. The molecule has 0 bridgehead atoms. The highest BCUT2D eigenvalue weighted by atomic mass is 19.1. The summed E-state index contributed by atoms with van der Waals surface area (Å²) in [5.74, 6) is 0.138. The number of fused-ring (bicyclic) bond motifs is 1. The fourth-order valence-corrected chi connectivity index (χ4v) is 6.07. The molecule has 9 heteroatoms. The Kier molecular flexibility index (Phi) is 10.5. The Morgan fingerprint density at radius 1 is 1.17 bits per heavy atom. The molecular weight excluding hydrogens is 535 g/mol. The topological polar surface area (TPSA) is 96.0 Å². The molecule has 8 nitrogen and oxygen atoms in total. The molecule has 1 aromatic heterocycles. The normalized spacial score (nSPS) is 18.4.